The molecule has 0 unspecified atom stereocenters. The van der Waals surface area contributed by atoms with Crippen molar-refractivity contribution in [2.75, 3.05) is 19.4 Å². The zero-order valence-electron chi connectivity index (χ0n) is 15.6. The average molecular weight is 328 g/mol. The molecule has 0 aliphatic heterocycles. The van der Waals surface area contributed by atoms with Crippen molar-refractivity contribution in [1.82, 2.24) is 14.7 Å². The smallest absolute Gasteiger partial charge is 0.224 e. The van der Waals surface area contributed by atoms with Crippen molar-refractivity contribution in [3.05, 3.63) is 46.3 Å². The van der Waals surface area contributed by atoms with Crippen LogP contribution in [0.25, 0.3) is 0 Å². The molecule has 0 saturated heterocycles. The van der Waals surface area contributed by atoms with Gasteiger partial charge in [0.05, 0.1) is 5.69 Å². The predicted octanol–water partition coefficient (Wildman–Crippen LogP) is 2.98. The lowest BCUT2D eigenvalue weighted by molar-refractivity contribution is -0.116. The lowest BCUT2D eigenvalue weighted by atomic mass is 10.1. The standard InChI is InChI=1S/C19H28N4O/c1-13-7-8-16(12-22(4)5)11-18(13)20-19(24)10-9-17-14(2)21-23(6)15(17)3/h7-8,11H,9-10,12H2,1-6H3,(H,20,24). The molecule has 1 heterocycles. The van der Waals surface area contributed by atoms with E-state index < -0.39 is 0 Å². The lowest BCUT2D eigenvalue weighted by Crippen LogP contribution is -2.15. The minimum absolute atomic E-state index is 0.0442. The number of anilines is 1. The van der Waals surface area contributed by atoms with Crippen molar-refractivity contribution < 1.29 is 4.79 Å². The van der Waals surface area contributed by atoms with E-state index in [9.17, 15) is 4.79 Å². The number of benzene rings is 1. The maximum absolute atomic E-state index is 12.4. The molecule has 0 atom stereocenters. The molecule has 1 aromatic heterocycles. The highest BCUT2D eigenvalue weighted by molar-refractivity contribution is 5.91. The molecule has 0 fully saturated rings. The summed E-state index contributed by atoms with van der Waals surface area (Å²) in [5.74, 6) is 0.0442. The quantitative estimate of drug-likeness (QED) is 0.887. The summed E-state index contributed by atoms with van der Waals surface area (Å²) < 4.78 is 1.87. The van der Waals surface area contributed by atoms with Gasteiger partial charge in [-0.15, -0.1) is 0 Å². The van der Waals surface area contributed by atoms with Crippen molar-refractivity contribution >= 4 is 11.6 Å². The molecule has 130 valence electrons. The van der Waals surface area contributed by atoms with E-state index in [1.807, 2.05) is 46.6 Å². The first-order valence-corrected chi connectivity index (χ1v) is 8.31. The van der Waals surface area contributed by atoms with Crippen LogP contribution in [-0.2, 0) is 24.8 Å². The van der Waals surface area contributed by atoms with Crippen LogP contribution in [0, 0.1) is 20.8 Å². The van der Waals surface area contributed by atoms with Crippen LogP contribution in [0.5, 0.6) is 0 Å². The SMILES string of the molecule is Cc1ccc(CN(C)C)cc1NC(=O)CCc1c(C)nn(C)c1C. The topological polar surface area (TPSA) is 50.2 Å². The Balaban J connectivity index is 2.02. The number of amides is 1. The summed E-state index contributed by atoms with van der Waals surface area (Å²) in [4.78, 5) is 14.5. The molecule has 0 bridgehead atoms. The maximum Gasteiger partial charge on any atom is 0.224 e. The first kappa shape index (κ1) is 18.2. The van der Waals surface area contributed by atoms with Gasteiger partial charge in [-0.1, -0.05) is 12.1 Å². The van der Waals surface area contributed by atoms with Gasteiger partial charge in [-0.25, -0.2) is 0 Å². The molecule has 0 aliphatic carbocycles. The van der Waals surface area contributed by atoms with Crippen LogP contribution in [0.1, 0.15) is 34.5 Å². The molecule has 0 saturated carbocycles. The fourth-order valence-electron chi connectivity index (χ4n) is 2.90. The lowest BCUT2D eigenvalue weighted by Gasteiger charge is -2.13. The molecule has 1 amide bonds. The van der Waals surface area contributed by atoms with Gasteiger partial charge in [0.15, 0.2) is 0 Å². The van der Waals surface area contributed by atoms with Crippen LogP contribution < -0.4 is 5.32 Å². The summed E-state index contributed by atoms with van der Waals surface area (Å²) in [6.07, 6.45) is 1.18. The van der Waals surface area contributed by atoms with Gasteiger partial charge in [0.25, 0.3) is 0 Å². The number of rotatable bonds is 6. The van der Waals surface area contributed by atoms with E-state index in [0.717, 1.165) is 29.2 Å². The fraction of sp³-hybridized carbons (Fsp3) is 0.474. The molecular formula is C19H28N4O. The molecule has 5 heteroatoms. The monoisotopic (exact) mass is 328 g/mol. The molecule has 0 spiro atoms. The van der Waals surface area contributed by atoms with E-state index in [1.165, 1.54) is 11.1 Å². The van der Waals surface area contributed by atoms with Gasteiger partial charge in [0, 0.05) is 31.4 Å². The Hall–Kier alpha value is -2.14. The highest BCUT2D eigenvalue weighted by Gasteiger charge is 2.12. The number of hydrogen-bond donors (Lipinski definition) is 1. The number of carbonyl (C=O) groups excluding carboxylic acids is 1. The number of aromatic nitrogens is 2. The first-order chi connectivity index (χ1) is 11.3. The second kappa shape index (κ2) is 7.62. The zero-order valence-corrected chi connectivity index (χ0v) is 15.6. The highest BCUT2D eigenvalue weighted by Crippen LogP contribution is 2.19. The van der Waals surface area contributed by atoms with Crippen molar-refractivity contribution in [2.24, 2.45) is 7.05 Å². The van der Waals surface area contributed by atoms with Crippen LogP contribution in [0.4, 0.5) is 5.69 Å². The van der Waals surface area contributed by atoms with Gasteiger partial charge in [0.1, 0.15) is 0 Å². The van der Waals surface area contributed by atoms with Crippen LogP contribution in [0.3, 0.4) is 0 Å². The highest BCUT2D eigenvalue weighted by atomic mass is 16.1. The van der Waals surface area contributed by atoms with Crippen molar-refractivity contribution in [2.45, 2.75) is 40.2 Å². The van der Waals surface area contributed by atoms with Gasteiger partial charge in [-0.05, 0) is 64.0 Å². The summed E-state index contributed by atoms with van der Waals surface area (Å²) in [7, 11) is 6.01. The Labute approximate surface area is 144 Å². The Kier molecular flexibility index (Phi) is 5.78. The average Bonchev–Trinajstić information content (AvgIpc) is 2.73. The number of aryl methyl sites for hydroxylation is 3. The number of nitrogens with one attached hydrogen (secondary N) is 1. The van der Waals surface area contributed by atoms with Crippen molar-refractivity contribution in [1.29, 1.82) is 0 Å². The normalized spacial score (nSPS) is 11.1. The van der Waals surface area contributed by atoms with E-state index in [4.69, 9.17) is 0 Å². The third-order valence-corrected chi connectivity index (χ3v) is 4.34. The maximum atomic E-state index is 12.4. The minimum Gasteiger partial charge on any atom is -0.326 e. The Morgan fingerprint density at radius 1 is 1.25 bits per heavy atom. The fourth-order valence-corrected chi connectivity index (χ4v) is 2.90. The molecule has 1 aromatic carbocycles. The molecule has 0 radical (unpaired) electrons. The van der Waals surface area contributed by atoms with E-state index in [-0.39, 0.29) is 5.91 Å². The number of carbonyl (C=O) groups is 1. The number of hydrogen-bond acceptors (Lipinski definition) is 3. The van der Waals surface area contributed by atoms with Crippen LogP contribution in [0.15, 0.2) is 18.2 Å². The molecule has 1 N–H and O–H groups in total. The summed E-state index contributed by atoms with van der Waals surface area (Å²) in [6, 6.07) is 6.23. The first-order valence-electron chi connectivity index (χ1n) is 8.31. The number of nitrogens with zero attached hydrogens (tertiary/aromatic N) is 3. The van der Waals surface area contributed by atoms with Gasteiger partial charge >= 0.3 is 0 Å². The third-order valence-electron chi connectivity index (χ3n) is 4.34. The van der Waals surface area contributed by atoms with E-state index in [0.29, 0.717) is 12.8 Å². The van der Waals surface area contributed by atoms with Gasteiger partial charge in [0.2, 0.25) is 5.91 Å². The predicted molar refractivity (Wildman–Crippen MR) is 98.2 cm³/mol. The van der Waals surface area contributed by atoms with Crippen LogP contribution >= 0.6 is 0 Å². The van der Waals surface area contributed by atoms with Crippen molar-refractivity contribution in [3.63, 3.8) is 0 Å². The largest absolute Gasteiger partial charge is 0.326 e. The summed E-state index contributed by atoms with van der Waals surface area (Å²) >= 11 is 0. The summed E-state index contributed by atoms with van der Waals surface area (Å²) in [5.41, 5.74) is 6.49. The van der Waals surface area contributed by atoms with E-state index >= 15 is 0 Å². The van der Waals surface area contributed by atoms with E-state index in [2.05, 4.69) is 33.5 Å². The van der Waals surface area contributed by atoms with Gasteiger partial charge in [-0.3, -0.25) is 9.48 Å². The third kappa shape index (κ3) is 4.45. The van der Waals surface area contributed by atoms with E-state index in [1.54, 1.807) is 0 Å². The van der Waals surface area contributed by atoms with Gasteiger partial charge < -0.3 is 10.2 Å². The minimum atomic E-state index is 0.0442. The summed E-state index contributed by atoms with van der Waals surface area (Å²) in [5, 5.41) is 7.46. The summed E-state index contributed by atoms with van der Waals surface area (Å²) in [6.45, 7) is 6.92. The van der Waals surface area contributed by atoms with Crippen LogP contribution in [-0.4, -0.2) is 34.7 Å². The Morgan fingerprint density at radius 2 is 1.96 bits per heavy atom. The molecule has 2 aromatic rings. The second-order valence-corrected chi connectivity index (χ2v) is 6.71. The Morgan fingerprint density at radius 3 is 2.54 bits per heavy atom. The molecular weight excluding hydrogens is 300 g/mol. The molecule has 5 nitrogen and oxygen atoms in total. The molecule has 0 aliphatic rings. The van der Waals surface area contributed by atoms with Crippen LogP contribution in [0.2, 0.25) is 0 Å². The second-order valence-electron chi connectivity index (χ2n) is 6.71. The molecule has 24 heavy (non-hydrogen) atoms. The Bertz CT molecular complexity index is 731. The molecule has 2 rings (SSSR count). The van der Waals surface area contributed by atoms with Gasteiger partial charge in [-0.2, -0.15) is 5.10 Å². The zero-order chi connectivity index (χ0) is 17.9. The van der Waals surface area contributed by atoms with Crippen molar-refractivity contribution in [3.8, 4) is 0 Å².